The first kappa shape index (κ1) is 16.6. The number of fused-ring (bicyclic) bond motifs is 1. The number of amides is 1. The van der Waals surface area contributed by atoms with E-state index >= 15 is 0 Å². The fraction of sp³-hybridized carbons (Fsp3) is 0.444. The van der Waals surface area contributed by atoms with Gasteiger partial charge in [-0.25, -0.2) is 9.29 Å². The third-order valence-electron chi connectivity index (χ3n) is 4.68. The zero-order chi connectivity index (χ0) is 17.2. The Hall–Kier alpha value is -1.83. The number of hydrogen-bond acceptors (Lipinski definition) is 6. The van der Waals surface area contributed by atoms with Crippen molar-refractivity contribution in [3.05, 3.63) is 30.5 Å². The number of nitrogens with zero attached hydrogens (tertiary/aromatic N) is 3. The number of nitrogens with two attached hydrogens (primary N) is 1. The van der Waals surface area contributed by atoms with Crippen molar-refractivity contribution in [3.8, 4) is 0 Å². The lowest BCUT2D eigenvalue weighted by Crippen LogP contribution is -2.48. The molecule has 1 aliphatic heterocycles. The molecular formula is C18H23N5OS. The van der Waals surface area contributed by atoms with E-state index in [1.807, 2.05) is 11.1 Å². The number of hydrogen-bond donors (Lipinski definition) is 2. The molecule has 1 saturated heterocycles. The molecular weight excluding hydrogens is 334 g/mol. The smallest absolute Gasteiger partial charge is 0.236 e. The second kappa shape index (κ2) is 7.19. The number of piperazine rings is 1. The molecule has 1 aromatic heterocycles. The SMILES string of the molecule is NCC(=O)N1CCN(Sc2cccc3c(NC4CC4)nccc23)CC1. The Balaban J connectivity index is 1.49. The first-order chi connectivity index (χ1) is 12.2. The molecule has 3 N–H and O–H groups in total. The highest BCUT2D eigenvalue weighted by atomic mass is 32.2. The molecule has 0 radical (unpaired) electrons. The lowest BCUT2D eigenvalue weighted by atomic mass is 10.1. The maximum absolute atomic E-state index is 11.7. The molecule has 0 atom stereocenters. The van der Waals surface area contributed by atoms with Crippen LogP contribution in [0.25, 0.3) is 10.8 Å². The molecule has 2 aliphatic rings. The minimum Gasteiger partial charge on any atom is -0.367 e. The van der Waals surface area contributed by atoms with Crippen molar-refractivity contribution in [2.75, 3.05) is 38.0 Å². The van der Waals surface area contributed by atoms with Gasteiger partial charge in [-0.15, -0.1) is 0 Å². The van der Waals surface area contributed by atoms with E-state index in [9.17, 15) is 4.79 Å². The van der Waals surface area contributed by atoms with E-state index in [-0.39, 0.29) is 12.5 Å². The summed E-state index contributed by atoms with van der Waals surface area (Å²) in [6.07, 6.45) is 4.35. The lowest BCUT2D eigenvalue weighted by Gasteiger charge is -2.33. The molecule has 7 heteroatoms. The van der Waals surface area contributed by atoms with Crippen LogP contribution in [0.2, 0.25) is 0 Å². The van der Waals surface area contributed by atoms with Crippen molar-refractivity contribution in [2.45, 2.75) is 23.8 Å². The van der Waals surface area contributed by atoms with Crippen molar-refractivity contribution in [3.63, 3.8) is 0 Å². The molecule has 132 valence electrons. The number of rotatable bonds is 5. The molecule has 6 nitrogen and oxygen atoms in total. The normalized spacial score (nSPS) is 18.5. The Morgan fingerprint density at radius 2 is 2.00 bits per heavy atom. The average Bonchev–Trinajstić information content (AvgIpc) is 3.46. The van der Waals surface area contributed by atoms with Crippen LogP contribution in [0.1, 0.15) is 12.8 Å². The highest BCUT2D eigenvalue weighted by molar-refractivity contribution is 7.97. The quantitative estimate of drug-likeness (QED) is 0.797. The molecule has 0 spiro atoms. The number of anilines is 1. The maximum Gasteiger partial charge on any atom is 0.236 e. The van der Waals surface area contributed by atoms with Crippen molar-refractivity contribution in [2.24, 2.45) is 5.73 Å². The molecule has 25 heavy (non-hydrogen) atoms. The van der Waals surface area contributed by atoms with Crippen LogP contribution in [0.15, 0.2) is 35.4 Å². The van der Waals surface area contributed by atoms with Gasteiger partial charge in [-0.2, -0.15) is 0 Å². The van der Waals surface area contributed by atoms with Gasteiger partial charge in [-0.05, 0) is 36.9 Å². The summed E-state index contributed by atoms with van der Waals surface area (Å²) in [5.41, 5.74) is 5.45. The highest BCUT2D eigenvalue weighted by Crippen LogP contribution is 2.34. The third kappa shape index (κ3) is 3.73. The number of carbonyl (C=O) groups is 1. The van der Waals surface area contributed by atoms with E-state index < -0.39 is 0 Å². The molecule has 2 aromatic rings. The van der Waals surface area contributed by atoms with Gasteiger partial charge in [0.25, 0.3) is 0 Å². The summed E-state index contributed by atoms with van der Waals surface area (Å²) >= 11 is 1.77. The fourth-order valence-corrected chi connectivity index (χ4v) is 4.13. The van der Waals surface area contributed by atoms with Crippen molar-refractivity contribution >= 4 is 34.4 Å². The van der Waals surface area contributed by atoms with Gasteiger partial charge in [0.05, 0.1) is 6.54 Å². The minimum atomic E-state index is 0.0386. The summed E-state index contributed by atoms with van der Waals surface area (Å²) in [5.74, 6) is 1.03. The zero-order valence-electron chi connectivity index (χ0n) is 14.1. The van der Waals surface area contributed by atoms with Crippen LogP contribution >= 0.6 is 11.9 Å². The Bertz CT molecular complexity index is 771. The second-order valence-corrected chi connectivity index (χ2v) is 7.67. The topological polar surface area (TPSA) is 74.5 Å². The van der Waals surface area contributed by atoms with Crippen LogP contribution in [0.3, 0.4) is 0 Å². The predicted octanol–water partition coefficient (Wildman–Crippen LogP) is 1.92. The molecule has 1 aliphatic carbocycles. The first-order valence-electron chi connectivity index (χ1n) is 8.79. The summed E-state index contributed by atoms with van der Waals surface area (Å²) in [6, 6.07) is 9.06. The van der Waals surface area contributed by atoms with Crippen LogP contribution in [0.5, 0.6) is 0 Å². The van der Waals surface area contributed by atoms with Crippen molar-refractivity contribution in [1.29, 1.82) is 0 Å². The lowest BCUT2D eigenvalue weighted by molar-refractivity contribution is -0.130. The summed E-state index contributed by atoms with van der Waals surface area (Å²) in [4.78, 5) is 19.3. The standard InChI is InChI=1S/C18H23N5OS/c19-12-17(24)22-8-10-23(11-9-22)25-16-3-1-2-15-14(16)6-7-20-18(15)21-13-4-5-13/h1-3,6-7,13H,4-5,8-12,19H2,(H,20,21). The average molecular weight is 357 g/mol. The van der Waals surface area contributed by atoms with Gasteiger partial charge in [0.15, 0.2) is 0 Å². The van der Waals surface area contributed by atoms with Crippen LogP contribution in [-0.4, -0.2) is 58.9 Å². The predicted molar refractivity (Wildman–Crippen MR) is 101 cm³/mol. The monoisotopic (exact) mass is 357 g/mol. The van der Waals surface area contributed by atoms with Gasteiger partial charge in [0.2, 0.25) is 5.91 Å². The highest BCUT2D eigenvalue weighted by Gasteiger charge is 2.23. The summed E-state index contributed by atoms with van der Waals surface area (Å²) in [7, 11) is 0. The van der Waals surface area contributed by atoms with Crippen LogP contribution in [-0.2, 0) is 4.79 Å². The van der Waals surface area contributed by atoms with Crippen molar-refractivity contribution < 1.29 is 4.79 Å². The molecule has 4 rings (SSSR count). The van der Waals surface area contributed by atoms with Gasteiger partial charge in [0.1, 0.15) is 5.82 Å². The molecule has 2 heterocycles. The maximum atomic E-state index is 11.7. The fourth-order valence-electron chi connectivity index (χ4n) is 3.09. The van der Waals surface area contributed by atoms with Crippen LogP contribution in [0.4, 0.5) is 5.82 Å². The molecule has 1 aromatic carbocycles. The van der Waals surface area contributed by atoms with E-state index in [4.69, 9.17) is 5.73 Å². The van der Waals surface area contributed by atoms with E-state index in [1.165, 1.54) is 28.5 Å². The first-order valence-corrected chi connectivity index (χ1v) is 9.57. The number of pyridine rings is 1. The Morgan fingerprint density at radius 3 is 2.72 bits per heavy atom. The van der Waals surface area contributed by atoms with Crippen LogP contribution < -0.4 is 11.1 Å². The number of nitrogens with one attached hydrogen (secondary N) is 1. The van der Waals surface area contributed by atoms with Crippen LogP contribution in [0, 0.1) is 0 Å². The second-order valence-electron chi connectivity index (χ2n) is 6.53. The molecule has 1 amide bonds. The van der Waals surface area contributed by atoms with Gasteiger partial charge in [0, 0.05) is 54.1 Å². The van der Waals surface area contributed by atoms with E-state index in [2.05, 4.69) is 38.9 Å². The summed E-state index contributed by atoms with van der Waals surface area (Å²) in [5, 5.41) is 5.93. The third-order valence-corrected chi connectivity index (χ3v) is 5.85. The molecule has 0 bridgehead atoms. The number of benzene rings is 1. The number of carbonyl (C=O) groups excluding carboxylic acids is 1. The Labute approximate surface area is 151 Å². The zero-order valence-corrected chi connectivity index (χ0v) is 15.0. The molecule has 2 fully saturated rings. The number of aromatic nitrogens is 1. The minimum absolute atomic E-state index is 0.0386. The Morgan fingerprint density at radius 1 is 1.20 bits per heavy atom. The van der Waals surface area contributed by atoms with Gasteiger partial charge in [-0.1, -0.05) is 12.1 Å². The van der Waals surface area contributed by atoms with E-state index in [1.54, 1.807) is 11.9 Å². The summed E-state index contributed by atoms with van der Waals surface area (Å²) in [6.45, 7) is 3.28. The van der Waals surface area contributed by atoms with Gasteiger partial charge in [-0.3, -0.25) is 4.79 Å². The summed E-state index contributed by atoms with van der Waals surface area (Å²) < 4.78 is 2.32. The molecule has 1 saturated carbocycles. The van der Waals surface area contributed by atoms with E-state index in [0.717, 1.165) is 32.0 Å². The van der Waals surface area contributed by atoms with Gasteiger partial charge >= 0.3 is 0 Å². The molecule has 0 unspecified atom stereocenters. The largest absolute Gasteiger partial charge is 0.367 e. The van der Waals surface area contributed by atoms with E-state index in [0.29, 0.717) is 6.04 Å². The van der Waals surface area contributed by atoms with Gasteiger partial charge < -0.3 is 16.0 Å². The Kier molecular flexibility index (Phi) is 4.78. The van der Waals surface area contributed by atoms with Crippen molar-refractivity contribution in [1.82, 2.24) is 14.2 Å².